The van der Waals surface area contributed by atoms with Gasteiger partial charge in [0, 0.05) is 27.6 Å². The zero-order chi connectivity index (χ0) is 26.5. The fourth-order valence-corrected chi connectivity index (χ4v) is 5.44. The van der Waals surface area contributed by atoms with E-state index in [9.17, 15) is 0 Å². The van der Waals surface area contributed by atoms with Crippen LogP contribution >= 0.6 is 0 Å². The lowest BCUT2D eigenvalue weighted by Gasteiger charge is -2.09. The van der Waals surface area contributed by atoms with Crippen LogP contribution in [0.4, 0.5) is 0 Å². The standard InChI is InChI=1S/C35H22N4O/c1-4-13-23(14-5-1)33-36-34(24-15-6-2-7-16-24)38-35(37-33)28-21-12-20-27-30-32(40-31(27)28)26-19-10-11-22-29(26)39(30)25-17-8-3-9-18-25/h1-22H. The van der Waals surface area contributed by atoms with Crippen molar-refractivity contribution in [2.45, 2.75) is 0 Å². The number of hydrogen-bond acceptors (Lipinski definition) is 4. The molecule has 0 spiro atoms. The van der Waals surface area contributed by atoms with E-state index in [4.69, 9.17) is 19.4 Å². The van der Waals surface area contributed by atoms with Crippen molar-refractivity contribution in [3.63, 3.8) is 0 Å². The summed E-state index contributed by atoms with van der Waals surface area (Å²) in [6.45, 7) is 0. The molecule has 0 atom stereocenters. The van der Waals surface area contributed by atoms with Gasteiger partial charge in [-0.2, -0.15) is 0 Å². The Morgan fingerprint density at radius 1 is 0.450 bits per heavy atom. The highest BCUT2D eigenvalue weighted by Crippen LogP contribution is 2.41. The van der Waals surface area contributed by atoms with Crippen LogP contribution in [0.25, 0.3) is 72.8 Å². The lowest BCUT2D eigenvalue weighted by molar-refractivity contribution is 0.673. The lowest BCUT2D eigenvalue weighted by atomic mass is 10.1. The van der Waals surface area contributed by atoms with E-state index in [2.05, 4.69) is 59.2 Å². The van der Waals surface area contributed by atoms with Crippen molar-refractivity contribution in [2.24, 2.45) is 0 Å². The predicted octanol–water partition coefficient (Wildman–Crippen LogP) is 8.72. The van der Waals surface area contributed by atoms with E-state index in [0.29, 0.717) is 17.5 Å². The van der Waals surface area contributed by atoms with Crippen LogP contribution in [0.5, 0.6) is 0 Å². The number of hydrogen-bond donors (Lipinski definition) is 0. The molecule has 8 aromatic rings. The summed E-state index contributed by atoms with van der Waals surface area (Å²) >= 11 is 0. The van der Waals surface area contributed by atoms with Crippen molar-refractivity contribution >= 4 is 33.0 Å². The Morgan fingerprint density at radius 3 is 1.68 bits per heavy atom. The van der Waals surface area contributed by atoms with Gasteiger partial charge in [0.25, 0.3) is 0 Å². The second-order valence-corrected chi connectivity index (χ2v) is 9.69. The summed E-state index contributed by atoms with van der Waals surface area (Å²) in [6, 6.07) is 45.0. The Hall–Kier alpha value is -5.55. The van der Waals surface area contributed by atoms with E-state index >= 15 is 0 Å². The summed E-state index contributed by atoms with van der Waals surface area (Å²) in [5, 5.41) is 2.07. The fraction of sp³-hybridized carbons (Fsp3) is 0. The maximum atomic E-state index is 6.72. The van der Waals surface area contributed by atoms with Gasteiger partial charge in [0.05, 0.1) is 11.1 Å². The minimum atomic E-state index is 0.574. The Morgan fingerprint density at radius 2 is 1.00 bits per heavy atom. The first-order valence-corrected chi connectivity index (χ1v) is 13.2. The number of rotatable bonds is 4. The van der Waals surface area contributed by atoms with Crippen molar-refractivity contribution in [3.05, 3.63) is 133 Å². The molecule has 8 rings (SSSR count). The van der Waals surface area contributed by atoms with Gasteiger partial charge in [-0.25, -0.2) is 15.0 Å². The highest BCUT2D eigenvalue weighted by atomic mass is 16.3. The molecule has 3 aromatic heterocycles. The van der Waals surface area contributed by atoms with E-state index in [1.54, 1.807) is 0 Å². The second kappa shape index (κ2) is 9.03. The number of fused-ring (bicyclic) bond motifs is 5. The molecule has 5 aromatic carbocycles. The molecule has 0 aliphatic carbocycles. The maximum Gasteiger partial charge on any atom is 0.167 e. The van der Waals surface area contributed by atoms with E-state index in [1.807, 2.05) is 78.9 Å². The minimum Gasteiger partial charge on any atom is -0.453 e. The van der Waals surface area contributed by atoms with E-state index in [0.717, 1.165) is 55.3 Å². The van der Waals surface area contributed by atoms with Crippen molar-refractivity contribution in [1.29, 1.82) is 0 Å². The van der Waals surface area contributed by atoms with Gasteiger partial charge in [0.15, 0.2) is 23.1 Å². The van der Waals surface area contributed by atoms with Gasteiger partial charge in [-0.1, -0.05) is 97.1 Å². The van der Waals surface area contributed by atoms with Crippen LogP contribution in [0.1, 0.15) is 0 Å². The molecule has 0 fully saturated rings. The van der Waals surface area contributed by atoms with Crippen molar-refractivity contribution in [1.82, 2.24) is 19.5 Å². The van der Waals surface area contributed by atoms with Crippen molar-refractivity contribution in [2.75, 3.05) is 0 Å². The molecule has 40 heavy (non-hydrogen) atoms. The van der Waals surface area contributed by atoms with Gasteiger partial charge in [-0.3, -0.25) is 0 Å². The average molecular weight is 515 g/mol. The molecule has 5 heteroatoms. The zero-order valence-electron chi connectivity index (χ0n) is 21.4. The van der Waals surface area contributed by atoms with Crippen molar-refractivity contribution in [3.8, 4) is 39.9 Å². The quantitative estimate of drug-likeness (QED) is 0.236. The van der Waals surface area contributed by atoms with E-state index < -0.39 is 0 Å². The van der Waals surface area contributed by atoms with Gasteiger partial charge in [0.1, 0.15) is 11.1 Å². The molecule has 0 aliphatic rings. The first-order chi connectivity index (χ1) is 19.8. The molecular formula is C35H22N4O. The summed E-state index contributed by atoms with van der Waals surface area (Å²) in [5.74, 6) is 1.82. The number of benzene rings is 5. The van der Waals surface area contributed by atoms with Crippen LogP contribution in [-0.2, 0) is 0 Å². The number of nitrogens with zero attached hydrogens (tertiary/aromatic N) is 4. The molecule has 5 nitrogen and oxygen atoms in total. The van der Waals surface area contributed by atoms with Gasteiger partial charge in [-0.05, 0) is 36.4 Å². The molecule has 0 N–H and O–H groups in total. The molecule has 0 bridgehead atoms. The van der Waals surface area contributed by atoms with E-state index in [-0.39, 0.29) is 0 Å². The predicted molar refractivity (Wildman–Crippen MR) is 160 cm³/mol. The van der Waals surface area contributed by atoms with Crippen LogP contribution in [-0.4, -0.2) is 19.5 Å². The number of aromatic nitrogens is 4. The Bertz CT molecular complexity index is 2090. The normalized spacial score (nSPS) is 11.5. The van der Waals surface area contributed by atoms with Crippen LogP contribution in [0.15, 0.2) is 138 Å². The molecule has 0 amide bonds. The number of furan rings is 1. The molecule has 0 radical (unpaired) electrons. The molecule has 0 saturated carbocycles. The fourth-order valence-electron chi connectivity index (χ4n) is 5.44. The molecule has 0 aliphatic heterocycles. The Balaban J connectivity index is 1.43. The third-order valence-electron chi connectivity index (χ3n) is 7.26. The third-order valence-corrected chi connectivity index (χ3v) is 7.26. The Labute approximate surface area is 230 Å². The van der Waals surface area contributed by atoms with Crippen LogP contribution in [0.2, 0.25) is 0 Å². The average Bonchev–Trinajstić information content (AvgIpc) is 3.57. The minimum absolute atomic E-state index is 0.574. The van der Waals surface area contributed by atoms with Gasteiger partial charge in [0.2, 0.25) is 0 Å². The van der Waals surface area contributed by atoms with E-state index in [1.165, 1.54) is 0 Å². The summed E-state index contributed by atoms with van der Waals surface area (Å²) in [5.41, 5.74) is 7.52. The molecule has 188 valence electrons. The zero-order valence-corrected chi connectivity index (χ0v) is 21.4. The lowest BCUT2D eigenvalue weighted by Crippen LogP contribution is -2.00. The Kier molecular flexibility index (Phi) is 5.07. The summed E-state index contributed by atoms with van der Waals surface area (Å²) in [6.07, 6.45) is 0. The third kappa shape index (κ3) is 3.52. The van der Waals surface area contributed by atoms with Crippen LogP contribution in [0, 0.1) is 0 Å². The van der Waals surface area contributed by atoms with Crippen molar-refractivity contribution < 1.29 is 4.42 Å². The first kappa shape index (κ1) is 22.4. The largest absolute Gasteiger partial charge is 0.453 e. The molecule has 0 unspecified atom stereocenters. The monoisotopic (exact) mass is 514 g/mol. The maximum absolute atomic E-state index is 6.72. The number of para-hydroxylation sites is 3. The SMILES string of the molecule is c1ccc(-c2nc(-c3ccccc3)nc(-c3cccc4c3oc3c5ccccc5n(-c5ccccc5)c43)n2)cc1. The molecule has 3 heterocycles. The highest BCUT2D eigenvalue weighted by molar-refractivity contribution is 6.18. The summed E-state index contributed by atoms with van der Waals surface area (Å²) in [7, 11) is 0. The smallest absolute Gasteiger partial charge is 0.167 e. The summed E-state index contributed by atoms with van der Waals surface area (Å²) < 4.78 is 9.00. The first-order valence-electron chi connectivity index (χ1n) is 13.2. The molecule has 0 saturated heterocycles. The second-order valence-electron chi connectivity index (χ2n) is 9.69. The topological polar surface area (TPSA) is 56.7 Å². The molecular weight excluding hydrogens is 492 g/mol. The van der Waals surface area contributed by atoms with Crippen LogP contribution in [0.3, 0.4) is 0 Å². The van der Waals surface area contributed by atoms with Gasteiger partial charge < -0.3 is 8.98 Å². The summed E-state index contributed by atoms with van der Waals surface area (Å²) in [4.78, 5) is 14.8. The van der Waals surface area contributed by atoms with Gasteiger partial charge in [-0.15, -0.1) is 0 Å². The highest BCUT2D eigenvalue weighted by Gasteiger charge is 2.22. The van der Waals surface area contributed by atoms with Crippen LogP contribution < -0.4 is 0 Å². The van der Waals surface area contributed by atoms with Gasteiger partial charge >= 0.3 is 0 Å².